The van der Waals surface area contributed by atoms with Crippen LogP contribution in [0.25, 0.3) is 0 Å². The van der Waals surface area contributed by atoms with Crippen molar-refractivity contribution < 1.29 is 0 Å². The van der Waals surface area contributed by atoms with Gasteiger partial charge in [0.05, 0.1) is 0 Å². The van der Waals surface area contributed by atoms with Crippen LogP contribution in [0.4, 0.5) is 0 Å². The van der Waals surface area contributed by atoms with E-state index in [1.807, 2.05) is 0 Å². The molecule has 2 heteroatoms. The van der Waals surface area contributed by atoms with Crippen LogP contribution < -0.4 is 0 Å². The van der Waals surface area contributed by atoms with E-state index in [4.69, 9.17) is 0 Å². The molecular formula is C11H15NSe. The van der Waals surface area contributed by atoms with Gasteiger partial charge in [-0.15, -0.1) is 0 Å². The summed E-state index contributed by atoms with van der Waals surface area (Å²) in [6, 6.07) is 4.22. The van der Waals surface area contributed by atoms with E-state index in [1.165, 1.54) is 4.44 Å². The third kappa shape index (κ3) is 3.83. The molecule has 70 valence electrons. The van der Waals surface area contributed by atoms with Crippen molar-refractivity contribution in [2.75, 3.05) is 19.6 Å². The van der Waals surface area contributed by atoms with E-state index in [2.05, 4.69) is 47.7 Å². The molecule has 0 aliphatic carbocycles. The Morgan fingerprint density at radius 1 is 1.38 bits per heavy atom. The molecule has 0 saturated carbocycles. The average Bonchev–Trinajstić information content (AvgIpc) is 2.65. The maximum absolute atomic E-state index is 3.22. The number of hydrogen-bond acceptors (Lipinski definition) is 1. The van der Waals surface area contributed by atoms with Crippen LogP contribution in [0.3, 0.4) is 0 Å². The fourth-order valence-corrected chi connectivity index (χ4v) is 2.28. The van der Waals surface area contributed by atoms with Gasteiger partial charge in [0, 0.05) is 0 Å². The molecule has 0 fully saturated rings. The first-order valence-corrected chi connectivity index (χ1v) is 6.46. The summed E-state index contributed by atoms with van der Waals surface area (Å²) in [5, 5.41) is 0. The van der Waals surface area contributed by atoms with Crippen molar-refractivity contribution in [2.45, 2.75) is 13.8 Å². The van der Waals surface area contributed by atoms with Gasteiger partial charge in [-0.1, -0.05) is 0 Å². The Morgan fingerprint density at radius 2 is 2.15 bits per heavy atom. The van der Waals surface area contributed by atoms with E-state index < -0.39 is 0 Å². The quantitative estimate of drug-likeness (QED) is 0.571. The summed E-state index contributed by atoms with van der Waals surface area (Å²) in [7, 11) is 0. The Kier molecular flexibility index (Phi) is 4.93. The molecule has 1 aromatic heterocycles. The summed E-state index contributed by atoms with van der Waals surface area (Å²) in [6.07, 6.45) is 0. The fraction of sp³-hybridized carbons (Fsp3) is 0.455. The molecule has 13 heavy (non-hydrogen) atoms. The number of hydrogen-bond donors (Lipinski definition) is 0. The van der Waals surface area contributed by atoms with Crippen LogP contribution in [-0.4, -0.2) is 39.0 Å². The van der Waals surface area contributed by atoms with Crippen molar-refractivity contribution in [1.82, 2.24) is 4.90 Å². The molecule has 0 atom stereocenters. The summed E-state index contributed by atoms with van der Waals surface area (Å²) in [4.78, 5) is 4.53. The summed E-state index contributed by atoms with van der Waals surface area (Å²) in [5.74, 6) is 6.43. The molecule has 0 aliphatic heterocycles. The molecule has 0 aliphatic rings. The van der Waals surface area contributed by atoms with Gasteiger partial charge < -0.3 is 0 Å². The van der Waals surface area contributed by atoms with Gasteiger partial charge in [-0.25, -0.2) is 0 Å². The minimum absolute atomic E-state index is 0.510. The predicted molar refractivity (Wildman–Crippen MR) is 58.0 cm³/mol. The molecule has 0 aromatic carbocycles. The second kappa shape index (κ2) is 6.05. The summed E-state index contributed by atoms with van der Waals surface area (Å²) in [6.45, 7) is 7.43. The van der Waals surface area contributed by atoms with Gasteiger partial charge in [-0.05, 0) is 0 Å². The Hall–Kier alpha value is -0.481. The van der Waals surface area contributed by atoms with E-state index in [0.717, 1.165) is 19.6 Å². The van der Waals surface area contributed by atoms with Crippen LogP contribution >= 0.6 is 0 Å². The van der Waals surface area contributed by atoms with Crippen molar-refractivity contribution >= 4 is 14.5 Å². The Morgan fingerprint density at radius 3 is 2.69 bits per heavy atom. The van der Waals surface area contributed by atoms with Gasteiger partial charge in [-0.2, -0.15) is 0 Å². The van der Waals surface area contributed by atoms with Crippen molar-refractivity contribution in [1.29, 1.82) is 0 Å². The second-order valence-electron chi connectivity index (χ2n) is 2.74. The number of nitrogens with zero attached hydrogens (tertiary/aromatic N) is 1. The summed E-state index contributed by atoms with van der Waals surface area (Å²) >= 11 is 0.510. The first kappa shape index (κ1) is 10.6. The molecule has 1 aromatic rings. The zero-order valence-corrected chi connectivity index (χ0v) is 9.92. The third-order valence-electron chi connectivity index (χ3n) is 1.93. The van der Waals surface area contributed by atoms with Crippen LogP contribution in [0, 0.1) is 11.8 Å². The van der Waals surface area contributed by atoms with Crippen molar-refractivity contribution in [3.63, 3.8) is 0 Å². The molecular weight excluding hydrogens is 225 g/mol. The monoisotopic (exact) mass is 241 g/mol. The topological polar surface area (TPSA) is 3.24 Å². The van der Waals surface area contributed by atoms with Crippen molar-refractivity contribution in [3.05, 3.63) is 21.5 Å². The van der Waals surface area contributed by atoms with Crippen LogP contribution in [-0.2, 0) is 0 Å². The van der Waals surface area contributed by atoms with E-state index in [-0.39, 0.29) is 0 Å². The normalized spacial score (nSPS) is 9.77. The molecule has 0 spiro atoms. The summed E-state index contributed by atoms with van der Waals surface area (Å²) in [5.41, 5.74) is 0. The molecule has 0 saturated heterocycles. The first-order chi connectivity index (χ1) is 6.36. The Bertz CT molecular complexity index is 275. The van der Waals surface area contributed by atoms with Gasteiger partial charge in [0.25, 0.3) is 0 Å². The molecule has 0 unspecified atom stereocenters. The van der Waals surface area contributed by atoms with Crippen LogP contribution in [0.5, 0.6) is 0 Å². The van der Waals surface area contributed by atoms with Gasteiger partial charge in [-0.3, -0.25) is 0 Å². The second-order valence-corrected chi connectivity index (χ2v) is 4.73. The van der Waals surface area contributed by atoms with E-state index in [0.29, 0.717) is 14.5 Å². The van der Waals surface area contributed by atoms with Crippen LogP contribution in [0.1, 0.15) is 18.3 Å². The zero-order valence-electron chi connectivity index (χ0n) is 8.21. The molecule has 0 amide bonds. The predicted octanol–water partition coefficient (Wildman–Crippen LogP) is 1.44. The van der Waals surface area contributed by atoms with Gasteiger partial charge >= 0.3 is 86.2 Å². The maximum atomic E-state index is 3.22. The Balaban J connectivity index is 2.40. The molecule has 0 bridgehead atoms. The Labute approximate surface area is 86.5 Å². The molecule has 1 rings (SSSR count). The average molecular weight is 240 g/mol. The van der Waals surface area contributed by atoms with E-state index in [1.54, 1.807) is 0 Å². The molecule has 0 N–H and O–H groups in total. The SMILES string of the molecule is CCN(CC)CC#Cc1ccc[se]1. The van der Waals surface area contributed by atoms with Crippen molar-refractivity contribution in [2.24, 2.45) is 0 Å². The molecule has 1 nitrogen and oxygen atoms in total. The van der Waals surface area contributed by atoms with Crippen LogP contribution in [0.15, 0.2) is 17.1 Å². The fourth-order valence-electron chi connectivity index (χ4n) is 1.04. The van der Waals surface area contributed by atoms with Gasteiger partial charge in [0.2, 0.25) is 0 Å². The minimum atomic E-state index is 0.510. The van der Waals surface area contributed by atoms with Crippen LogP contribution in [0.2, 0.25) is 0 Å². The third-order valence-corrected chi connectivity index (χ3v) is 3.58. The first-order valence-electron chi connectivity index (χ1n) is 4.61. The van der Waals surface area contributed by atoms with Gasteiger partial charge in [0.15, 0.2) is 0 Å². The summed E-state index contributed by atoms with van der Waals surface area (Å²) < 4.78 is 1.31. The van der Waals surface area contributed by atoms with Gasteiger partial charge in [0.1, 0.15) is 0 Å². The van der Waals surface area contributed by atoms with E-state index in [9.17, 15) is 0 Å². The van der Waals surface area contributed by atoms with Crippen molar-refractivity contribution in [3.8, 4) is 11.8 Å². The molecule has 1 heterocycles. The van der Waals surface area contributed by atoms with E-state index >= 15 is 0 Å². The number of rotatable bonds is 3. The zero-order chi connectivity index (χ0) is 9.52. The standard InChI is InChI=1S/C11H15NSe/c1-3-12(4-2)9-5-7-11-8-6-10-13-11/h6,8,10H,3-4,9H2,1-2H3. The molecule has 0 radical (unpaired) electrons.